The van der Waals surface area contributed by atoms with Crippen LogP contribution in [0.5, 0.6) is 0 Å². The van der Waals surface area contributed by atoms with Crippen molar-refractivity contribution in [2.45, 2.75) is 44.7 Å². The monoisotopic (exact) mass is 385 g/mol. The fraction of sp³-hybridized carbons (Fsp3) is 0.733. The number of rotatable bonds is 3. The van der Waals surface area contributed by atoms with Crippen molar-refractivity contribution in [2.24, 2.45) is 17.8 Å². The molecule has 0 saturated heterocycles. The number of carbonyl (C=O) groups is 1. The second-order valence-corrected chi connectivity index (χ2v) is 8.02. The lowest BCUT2D eigenvalue weighted by Crippen LogP contribution is -2.35. The fourth-order valence-electron chi connectivity index (χ4n) is 4.91. The van der Waals surface area contributed by atoms with Crippen molar-refractivity contribution in [1.82, 2.24) is 14.7 Å². The molecule has 2 bridgehead atoms. The van der Waals surface area contributed by atoms with Gasteiger partial charge in [0.15, 0.2) is 0 Å². The molecule has 20 heavy (non-hydrogen) atoms. The average Bonchev–Trinajstić information content (AvgIpc) is 2.96. The van der Waals surface area contributed by atoms with E-state index in [2.05, 4.69) is 52.3 Å². The molecule has 5 atom stereocenters. The van der Waals surface area contributed by atoms with E-state index in [1.54, 1.807) is 6.92 Å². The van der Waals surface area contributed by atoms with Gasteiger partial charge in [-0.1, -0.05) is 0 Å². The molecule has 5 rings (SSSR count). The van der Waals surface area contributed by atoms with Crippen molar-refractivity contribution in [3.05, 3.63) is 15.5 Å². The minimum atomic E-state index is 0.198. The first-order valence-corrected chi connectivity index (χ1v) is 8.47. The maximum Gasteiger partial charge on any atom is 0.219 e. The van der Waals surface area contributed by atoms with Crippen LogP contribution in [-0.4, -0.2) is 33.7 Å². The van der Waals surface area contributed by atoms with Crippen molar-refractivity contribution in [2.75, 3.05) is 7.05 Å². The third kappa shape index (κ3) is 1.33. The summed E-state index contributed by atoms with van der Waals surface area (Å²) in [4.78, 5) is 13.6. The summed E-state index contributed by atoms with van der Waals surface area (Å²) >= 11 is 2.31. The maximum atomic E-state index is 11.6. The molecule has 4 aliphatic rings. The third-order valence-electron chi connectivity index (χ3n) is 5.86. The summed E-state index contributed by atoms with van der Waals surface area (Å²) in [5.41, 5.74) is 1.80. The lowest BCUT2D eigenvalue weighted by molar-refractivity contribution is -0.129. The zero-order valence-corrected chi connectivity index (χ0v) is 14.5. The van der Waals surface area contributed by atoms with Gasteiger partial charge in [-0.3, -0.25) is 9.48 Å². The Balaban J connectivity index is 1.67. The predicted molar refractivity (Wildman–Crippen MR) is 84.3 cm³/mol. The summed E-state index contributed by atoms with van der Waals surface area (Å²) in [6, 6.07) is 3.13. The van der Waals surface area contributed by atoms with Crippen LogP contribution in [0, 0.1) is 21.5 Å². The van der Waals surface area contributed by atoms with E-state index in [0.717, 1.165) is 15.5 Å². The Bertz CT molecular complexity index is 604. The Morgan fingerprint density at radius 2 is 2.25 bits per heavy atom. The largest absolute Gasteiger partial charge is 0.343 e. The Hall–Kier alpha value is -0.590. The van der Waals surface area contributed by atoms with Gasteiger partial charge >= 0.3 is 0 Å². The second-order valence-electron chi connectivity index (χ2n) is 6.91. The van der Waals surface area contributed by atoms with Crippen molar-refractivity contribution in [1.29, 1.82) is 0 Å². The smallest absolute Gasteiger partial charge is 0.219 e. The van der Waals surface area contributed by atoms with E-state index >= 15 is 0 Å². The van der Waals surface area contributed by atoms with Crippen LogP contribution >= 0.6 is 22.6 Å². The van der Waals surface area contributed by atoms with Crippen LogP contribution in [-0.2, 0) is 10.2 Å². The molecule has 4 nitrogen and oxygen atoms in total. The van der Waals surface area contributed by atoms with Crippen LogP contribution in [0.4, 0.5) is 0 Å². The summed E-state index contributed by atoms with van der Waals surface area (Å²) in [5, 5.41) is 4.67. The van der Waals surface area contributed by atoms with Crippen LogP contribution in [0.15, 0.2) is 6.07 Å². The Morgan fingerprint density at radius 3 is 2.80 bits per heavy atom. The molecule has 4 saturated carbocycles. The third-order valence-corrected chi connectivity index (χ3v) is 6.39. The van der Waals surface area contributed by atoms with Gasteiger partial charge in [-0.05, 0) is 66.7 Å². The fourth-order valence-corrected chi connectivity index (χ4v) is 5.43. The lowest BCUT2D eigenvalue weighted by Gasteiger charge is -2.23. The molecule has 1 aromatic heterocycles. The highest BCUT2D eigenvalue weighted by atomic mass is 127. The first-order chi connectivity index (χ1) is 9.40. The maximum absolute atomic E-state index is 11.6. The van der Waals surface area contributed by atoms with E-state index in [1.165, 1.54) is 12.1 Å². The second kappa shape index (κ2) is 3.78. The van der Waals surface area contributed by atoms with Crippen molar-refractivity contribution in [3.63, 3.8) is 0 Å². The number of hydrogen-bond acceptors (Lipinski definition) is 2. The number of halogens is 1. The molecule has 0 aliphatic heterocycles. The average molecular weight is 385 g/mol. The van der Waals surface area contributed by atoms with Crippen LogP contribution in [0.1, 0.15) is 38.9 Å². The number of hydrogen-bond donors (Lipinski definition) is 0. The highest BCUT2D eigenvalue weighted by Crippen LogP contribution is 2.91. The minimum absolute atomic E-state index is 0.198. The first kappa shape index (κ1) is 13.1. The van der Waals surface area contributed by atoms with Crippen molar-refractivity contribution in [3.8, 4) is 0 Å². The van der Waals surface area contributed by atoms with Gasteiger partial charge in [0.25, 0.3) is 0 Å². The van der Waals surface area contributed by atoms with Crippen molar-refractivity contribution >= 4 is 28.5 Å². The molecule has 0 spiro atoms. The zero-order chi connectivity index (χ0) is 14.4. The number of fused-ring (bicyclic) bond motifs is 1. The van der Waals surface area contributed by atoms with Gasteiger partial charge in [0.05, 0.1) is 0 Å². The molecule has 3 unspecified atom stereocenters. The van der Waals surface area contributed by atoms with E-state index in [-0.39, 0.29) is 5.91 Å². The minimum Gasteiger partial charge on any atom is -0.343 e. The molecule has 4 fully saturated rings. The molecule has 1 heterocycles. The van der Waals surface area contributed by atoms with Gasteiger partial charge in [-0.15, -0.1) is 0 Å². The summed E-state index contributed by atoms with van der Waals surface area (Å²) in [6.07, 6.45) is 1.19. The van der Waals surface area contributed by atoms with Gasteiger partial charge in [0, 0.05) is 37.2 Å². The summed E-state index contributed by atoms with van der Waals surface area (Å²) in [7, 11) is 1.96. The lowest BCUT2D eigenvalue weighted by atomic mass is 10.0. The molecule has 108 valence electrons. The molecule has 5 heteroatoms. The topological polar surface area (TPSA) is 38.1 Å². The molecular weight excluding hydrogens is 365 g/mol. The normalized spacial score (nSPS) is 39.9. The molecule has 0 aromatic carbocycles. The van der Waals surface area contributed by atoms with Crippen LogP contribution in [0.2, 0.25) is 0 Å². The molecule has 1 amide bonds. The Morgan fingerprint density at radius 1 is 1.55 bits per heavy atom. The molecular formula is C15H20IN3O. The number of carbonyl (C=O) groups excluding carboxylic acids is 1. The highest BCUT2D eigenvalue weighted by Gasteiger charge is 2.93. The van der Waals surface area contributed by atoms with E-state index in [0.29, 0.717) is 23.4 Å². The number of nitrogens with zero attached hydrogens (tertiary/aromatic N) is 3. The molecule has 0 radical (unpaired) electrons. The van der Waals surface area contributed by atoms with Gasteiger partial charge in [-0.25, -0.2) is 0 Å². The Kier molecular flexibility index (Phi) is 2.48. The number of amides is 1. The van der Waals surface area contributed by atoms with Gasteiger partial charge < -0.3 is 4.90 Å². The molecule has 0 N–H and O–H groups in total. The predicted octanol–water partition coefficient (Wildman–Crippen LogP) is 2.43. The van der Waals surface area contributed by atoms with Gasteiger partial charge in [0.1, 0.15) is 3.70 Å². The molecule has 1 aromatic rings. The van der Waals surface area contributed by atoms with E-state index in [1.807, 2.05) is 11.9 Å². The zero-order valence-electron chi connectivity index (χ0n) is 12.3. The van der Waals surface area contributed by atoms with Gasteiger partial charge in [0.2, 0.25) is 5.91 Å². The van der Waals surface area contributed by atoms with Gasteiger partial charge in [-0.2, -0.15) is 5.10 Å². The standard InChI is InChI=1S/C15H20IN3O/c1-7(2)19-11(6-12(16)17-19)15-9-5-10(14(15)13(9)15)18(4)8(3)20/h6-7,9-10,13-14H,5H2,1-4H3/t9-,10?,13-,14?,15?/m1/s1. The summed E-state index contributed by atoms with van der Waals surface area (Å²) in [5.74, 6) is 2.50. The molecule has 4 aliphatic carbocycles. The van der Waals surface area contributed by atoms with Crippen LogP contribution in [0.3, 0.4) is 0 Å². The summed E-state index contributed by atoms with van der Waals surface area (Å²) < 4.78 is 3.30. The number of aromatic nitrogens is 2. The van der Waals surface area contributed by atoms with E-state index < -0.39 is 0 Å². The Labute approximate surface area is 133 Å². The SMILES string of the molecule is CC(=O)N(C)C1C[C@@H]2[C@@H]3C1C23c1cc(I)nn1C(C)C. The first-order valence-electron chi connectivity index (χ1n) is 7.39. The van der Waals surface area contributed by atoms with Crippen LogP contribution < -0.4 is 0 Å². The highest BCUT2D eigenvalue weighted by molar-refractivity contribution is 14.1. The van der Waals surface area contributed by atoms with Crippen molar-refractivity contribution < 1.29 is 4.79 Å². The van der Waals surface area contributed by atoms with Crippen LogP contribution in [0.25, 0.3) is 0 Å². The summed E-state index contributed by atoms with van der Waals surface area (Å²) in [6.45, 7) is 6.08. The quantitative estimate of drug-likeness (QED) is 0.750. The van der Waals surface area contributed by atoms with E-state index in [4.69, 9.17) is 0 Å². The van der Waals surface area contributed by atoms with E-state index in [9.17, 15) is 4.79 Å².